The monoisotopic (exact) mass is 451 g/mol. The number of anilines is 1. The summed E-state index contributed by atoms with van der Waals surface area (Å²) in [4.78, 5) is 31.1. The average Bonchev–Trinajstić information content (AvgIpc) is 3.06. The summed E-state index contributed by atoms with van der Waals surface area (Å²) < 4.78 is 3.66. The molecule has 128 valence electrons. The summed E-state index contributed by atoms with van der Waals surface area (Å²) in [6, 6.07) is 3.45. The topological polar surface area (TPSA) is 97.4 Å². The fourth-order valence-corrected chi connectivity index (χ4v) is 3.16. The number of hydrogen-bond acceptors (Lipinski definition) is 5. The standard InChI is InChI=1S/C15H14IN7O2/c1-21-12(10(8-17-21)14(25)22-4-2-5-22)13(24)18-9-3-6-23-11(7-9)19-15(16)20-23/h3,6-8H,2,4-5H2,1H3,(H,18,24). The van der Waals surface area contributed by atoms with Gasteiger partial charge in [-0.1, -0.05) is 0 Å². The number of rotatable bonds is 3. The molecule has 0 saturated carbocycles. The quantitative estimate of drug-likeness (QED) is 0.604. The van der Waals surface area contributed by atoms with Gasteiger partial charge in [-0.25, -0.2) is 9.50 Å². The summed E-state index contributed by atoms with van der Waals surface area (Å²) in [5, 5.41) is 11.1. The molecule has 3 aromatic rings. The highest BCUT2D eigenvalue weighted by Crippen LogP contribution is 2.18. The first kappa shape index (κ1) is 16.0. The van der Waals surface area contributed by atoms with Gasteiger partial charge in [0.25, 0.3) is 11.8 Å². The Hall–Kier alpha value is -2.50. The number of carbonyl (C=O) groups is 2. The minimum absolute atomic E-state index is 0.160. The minimum atomic E-state index is -0.387. The lowest BCUT2D eigenvalue weighted by Gasteiger charge is -2.30. The highest BCUT2D eigenvalue weighted by molar-refractivity contribution is 14.1. The van der Waals surface area contributed by atoms with Crippen LogP contribution in [0.2, 0.25) is 0 Å². The highest BCUT2D eigenvalue weighted by Gasteiger charge is 2.28. The zero-order chi connectivity index (χ0) is 17.6. The molecule has 3 aromatic heterocycles. The number of carbonyl (C=O) groups excluding carboxylic acids is 2. The number of pyridine rings is 1. The second-order valence-electron chi connectivity index (χ2n) is 5.73. The number of nitrogens with one attached hydrogen (secondary N) is 1. The van der Waals surface area contributed by atoms with Gasteiger partial charge in [0, 0.05) is 60.7 Å². The Kier molecular flexibility index (Phi) is 3.90. The maximum atomic E-state index is 12.7. The lowest BCUT2D eigenvalue weighted by Crippen LogP contribution is -2.42. The SMILES string of the molecule is Cn1ncc(C(=O)N2CCC2)c1C(=O)Nc1ccn2nc(I)nc2c1. The summed E-state index contributed by atoms with van der Waals surface area (Å²) in [6.07, 6.45) is 4.15. The van der Waals surface area contributed by atoms with E-state index in [0.717, 1.165) is 19.5 Å². The second kappa shape index (κ2) is 6.10. The number of halogens is 1. The fourth-order valence-electron chi connectivity index (χ4n) is 2.68. The van der Waals surface area contributed by atoms with E-state index in [1.807, 2.05) is 22.6 Å². The van der Waals surface area contributed by atoms with Crippen molar-refractivity contribution in [1.29, 1.82) is 0 Å². The summed E-state index contributed by atoms with van der Waals surface area (Å²) in [7, 11) is 1.64. The van der Waals surface area contributed by atoms with Crippen LogP contribution >= 0.6 is 22.6 Å². The van der Waals surface area contributed by atoms with E-state index in [9.17, 15) is 9.59 Å². The first-order valence-corrected chi connectivity index (χ1v) is 8.75. The Labute approximate surface area is 156 Å². The molecule has 0 atom stereocenters. The molecule has 0 aromatic carbocycles. The molecule has 0 spiro atoms. The van der Waals surface area contributed by atoms with Crippen molar-refractivity contribution in [2.24, 2.45) is 7.05 Å². The molecule has 0 aliphatic carbocycles. The predicted octanol–water partition coefficient (Wildman–Crippen LogP) is 1.17. The molecular formula is C15H14IN7O2. The van der Waals surface area contributed by atoms with Gasteiger partial charge in [0.1, 0.15) is 5.69 Å². The van der Waals surface area contributed by atoms with Crippen LogP contribution < -0.4 is 5.32 Å². The van der Waals surface area contributed by atoms with Crippen molar-refractivity contribution in [3.8, 4) is 0 Å². The first-order chi connectivity index (χ1) is 12.0. The molecule has 25 heavy (non-hydrogen) atoms. The van der Waals surface area contributed by atoms with Gasteiger partial charge in [0.15, 0.2) is 5.65 Å². The number of nitrogens with zero attached hydrogens (tertiary/aromatic N) is 6. The zero-order valence-electron chi connectivity index (χ0n) is 13.3. The van der Waals surface area contributed by atoms with Crippen molar-refractivity contribution in [1.82, 2.24) is 29.3 Å². The van der Waals surface area contributed by atoms with Gasteiger partial charge in [0.2, 0.25) is 3.83 Å². The van der Waals surface area contributed by atoms with E-state index in [1.54, 1.807) is 34.8 Å². The molecule has 1 aliphatic heterocycles. The van der Waals surface area contributed by atoms with Crippen molar-refractivity contribution in [3.05, 3.63) is 39.6 Å². The van der Waals surface area contributed by atoms with Crippen LogP contribution in [0.15, 0.2) is 24.5 Å². The number of aryl methyl sites for hydroxylation is 1. The molecule has 1 aliphatic rings. The Morgan fingerprint density at radius 1 is 1.32 bits per heavy atom. The molecule has 2 amide bonds. The molecule has 1 saturated heterocycles. The summed E-state index contributed by atoms with van der Waals surface area (Å²) >= 11 is 2.03. The van der Waals surface area contributed by atoms with Gasteiger partial charge in [-0.05, 0) is 12.5 Å². The van der Waals surface area contributed by atoms with Gasteiger partial charge >= 0.3 is 0 Å². The Morgan fingerprint density at radius 3 is 2.84 bits per heavy atom. The maximum absolute atomic E-state index is 12.7. The van der Waals surface area contributed by atoms with E-state index in [1.165, 1.54) is 10.9 Å². The second-order valence-corrected chi connectivity index (χ2v) is 6.69. The van der Waals surface area contributed by atoms with E-state index in [4.69, 9.17) is 0 Å². The van der Waals surface area contributed by atoms with E-state index in [2.05, 4.69) is 20.5 Å². The maximum Gasteiger partial charge on any atom is 0.274 e. The summed E-state index contributed by atoms with van der Waals surface area (Å²) in [5.41, 5.74) is 1.76. The largest absolute Gasteiger partial charge is 0.338 e. The van der Waals surface area contributed by atoms with Gasteiger partial charge in [0.05, 0.1) is 11.8 Å². The van der Waals surface area contributed by atoms with Gasteiger partial charge in [-0.2, -0.15) is 5.10 Å². The van der Waals surface area contributed by atoms with Crippen LogP contribution in [0.1, 0.15) is 27.3 Å². The van der Waals surface area contributed by atoms with Crippen molar-refractivity contribution in [2.45, 2.75) is 6.42 Å². The lowest BCUT2D eigenvalue weighted by atomic mass is 10.1. The normalized spacial score (nSPS) is 13.8. The molecule has 1 fully saturated rings. The molecule has 0 radical (unpaired) electrons. The molecule has 4 rings (SSSR count). The molecule has 0 unspecified atom stereocenters. The number of fused-ring (bicyclic) bond motifs is 1. The molecule has 1 N–H and O–H groups in total. The molecule has 10 heteroatoms. The first-order valence-electron chi connectivity index (χ1n) is 7.67. The number of likely N-dealkylation sites (tertiary alicyclic amines) is 1. The third-order valence-electron chi connectivity index (χ3n) is 4.10. The van der Waals surface area contributed by atoms with Crippen LogP contribution in [0.3, 0.4) is 0 Å². The molecule has 9 nitrogen and oxygen atoms in total. The fraction of sp³-hybridized carbons (Fsp3) is 0.267. The highest BCUT2D eigenvalue weighted by atomic mass is 127. The number of hydrogen-bond donors (Lipinski definition) is 1. The van der Waals surface area contributed by atoms with E-state index >= 15 is 0 Å². The Balaban J connectivity index is 1.61. The van der Waals surface area contributed by atoms with Crippen molar-refractivity contribution < 1.29 is 9.59 Å². The summed E-state index contributed by atoms with van der Waals surface area (Å²) in [6.45, 7) is 1.44. The van der Waals surface area contributed by atoms with Gasteiger partial charge in [-0.3, -0.25) is 14.3 Å². The van der Waals surface area contributed by atoms with Crippen molar-refractivity contribution >= 4 is 45.7 Å². The third kappa shape index (κ3) is 2.86. The van der Waals surface area contributed by atoms with Gasteiger partial charge < -0.3 is 10.2 Å². The lowest BCUT2D eigenvalue weighted by molar-refractivity contribution is 0.0648. The molecule has 4 heterocycles. The smallest absolute Gasteiger partial charge is 0.274 e. The Morgan fingerprint density at radius 2 is 2.12 bits per heavy atom. The Bertz CT molecular complexity index is 989. The van der Waals surface area contributed by atoms with E-state index < -0.39 is 0 Å². The van der Waals surface area contributed by atoms with Crippen LogP contribution in [0, 0.1) is 3.83 Å². The minimum Gasteiger partial charge on any atom is -0.338 e. The zero-order valence-corrected chi connectivity index (χ0v) is 15.5. The van der Waals surface area contributed by atoms with Crippen LogP contribution in [-0.4, -0.2) is 54.2 Å². The third-order valence-corrected chi connectivity index (χ3v) is 4.55. The number of amides is 2. The van der Waals surface area contributed by atoms with Crippen LogP contribution in [0.25, 0.3) is 5.65 Å². The molecule has 0 bridgehead atoms. The van der Waals surface area contributed by atoms with Crippen molar-refractivity contribution in [3.63, 3.8) is 0 Å². The van der Waals surface area contributed by atoms with Gasteiger partial charge in [-0.15, -0.1) is 5.10 Å². The average molecular weight is 451 g/mol. The van der Waals surface area contributed by atoms with E-state index in [-0.39, 0.29) is 17.5 Å². The number of aromatic nitrogens is 5. The van der Waals surface area contributed by atoms with Crippen LogP contribution in [-0.2, 0) is 7.05 Å². The molecular weight excluding hydrogens is 437 g/mol. The summed E-state index contributed by atoms with van der Waals surface area (Å²) in [5.74, 6) is -0.547. The van der Waals surface area contributed by atoms with Crippen LogP contribution in [0.5, 0.6) is 0 Å². The van der Waals surface area contributed by atoms with Crippen LogP contribution in [0.4, 0.5) is 5.69 Å². The predicted molar refractivity (Wildman–Crippen MR) is 97.4 cm³/mol. The van der Waals surface area contributed by atoms with E-state index in [0.29, 0.717) is 20.7 Å². The van der Waals surface area contributed by atoms with Crippen molar-refractivity contribution in [2.75, 3.05) is 18.4 Å².